The van der Waals surface area contributed by atoms with Crippen molar-refractivity contribution in [3.05, 3.63) is 65.2 Å². The number of carbonyl (C=O) groups excluding carboxylic acids is 4. The lowest BCUT2D eigenvalue weighted by Crippen LogP contribution is -2.47. The van der Waals surface area contributed by atoms with E-state index >= 15 is 0 Å². The third-order valence-electron chi connectivity index (χ3n) is 5.45. The van der Waals surface area contributed by atoms with Gasteiger partial charge in [0.1, 0.15) is 12.6 Å². The van der Waals surface area contributed by atoms with Crippen LogP contribution in [0.2, 0.25) is 0 Å². The van der Waals surface area contributed by atoms with Gasteiger partial charge in [-0.15, -0.1) is 11.6 Å². The molecule has 0 N–H and O–H groups in total. The second-order valence-electron chi connectivity index (χ2n) is 7.68. The standard InChI is InChI=1S/C25H27ClN2O6/c1-3-33-25(32)22(28-23(30)20-6-4-5-7-21(20)24(28)31)16-18-8-10-19(11-9-18)27(13-12-26)14-15-34-17(2)29/h4-11,22H,3,12-16H2,1-2H3/t22-/m0/s1. The first kappa shape index (κ1) is 25.2. The SMILES string of the molecule is CCOC(=O)[C@H](Cc1ccc(N(CCCl)CCOC(C)=O)cc1)N1C(=O)c2ccccc2C1=O. The van der Waals surface area contributed by atoms with Gasteiger partial charge in [0.2, 0.25) is 0 Å². The molecule has 0 saturated heterocycles. The molecule has 0 unspecified atom stereocenters. The fourth-order valence-electron chi connectivity index (χ4n) is 3.85. The number of alkyl halides is 1. The van der Waals surface area contributed by atoms with E-state index in [1.165, 1.54) is 6.92 Å². The van der Waals surface area contributed by atoms with Gasteiger partial charge in [0.15, 0.2) is 0 Å². The minimum atomic E-state index is -1.08. The lowest BCUT2D eigenvalue weighted by atomic mass is 10.0. The van der Waals surface area contributed by atoms with Crippen molar-refractivity contribution >= 4 is 41.0 Å². The summed E-state index contributed by atoms with van der Waals surface area (Å²) in [5.74, 6) is -1.60. The van der Waals surface area contributed by atoms with Gasteiger partial charge in [0, 0.05) is 31.5 Å². The second kappa shape index (κ2) is 11.7. The van der Waals surface area contributed by atoms with Crippen molar-refractivity contribution < 1.29 is 28.7 Å². The van der Waals surface area contributed by atoms with Crippen molar-refractivity contribution in [2.24, 2.45) is 0 Å². The number of benzene rings is 2. The summed E-state index contributed by atoms with van der Waals surface area (Å²) in [6.45, 7) is 4.43. The van der Waals surface area contributed by atoms with E-state index in [9.17, 15) is 19.2 Å². The van der Waals surface area contributed by atoms with Crippen LogP contribution in [-0.4, -0.2) is 66.9 Å². The van der Waals surface area contributed by atoms with Crippen molar-refractivity contribution in [2.45, 2.75) is 26.3 Å². The van der Waals surface area contributed by atoms with Gasteiger partial charge in [-0.05, 0) is 36.8 Å². The number of hydrogen-bond donors (Lipinski definition) is 0. The Hall–Kier alpha value is -3.39. The number of hydrogen-bond acceptors (Lipinski definition) is 7. The summed E-state index contributed by atoms with van der Waals surface area (Å²) >= 11 is 5.92. The molecule has 1 aliphatic rings. The zero-order valence-electron chi connectivity index (χ0n) is 19.2. The summed E-state index contributed by atoms with van der Waals surface area (Å²) in [5, 5.41) is 0. The molecule has 180 valence electrons. The lowest BCUT2D eigenvalue weighted by molar-refractivity contribution is -0.147. The number of nitrogens with zero attached hydrogens (tertiary/aromatic N) is 2. The Labute approximate surface area is 203 Å². The number of imide groups is 1. The highest BCUT2D eigenvalue weighted by atomic mass is 35.5. The number of esters is 2. The minimum Gasteiger partial charge on any atom is -0.464 e. The number of ether oxygens (including phenoxy) is 2. The quantitative estimate of drug-likeness (QED) is 0.274. The summed E-state index contributed by atoms with van der Waals surface area (Å²) in [7, 11) is 0. The molecule has 0 radical (unpaired) electrons. The van der Waals surface area contributed by atoms with Crippen LogP contribution in [0.3, 0.4) is 0 Å². The van der Waals surface area contributed by atoms with Crippen LogP contribution in [-0.2, 0) is 25.5 Å². The van der Waals surface area contributed by atoms with Crippen LogP contribution >= 0.6 is 11.6 Å². The maximum absolute atomic E-state index is 13.0. The minimum absolute atomic E-state index is 0.119. The van der Waals surface area contributed by atoms with Crippen LogP contribution in [0.5, 0.6) is 0 Å². The van der Waals surface area contributed by atoms with E-state index in [0.29, 0.717) is 19.0 Å². The summed E-state index contributed by atoms with van der Waals surface area (Å²) in [6.07, 6.45) is 0.119. The smallest absolute Gasteiger partial charge is 0.329 e. The Morgan fingerprint density at radius 2 is 1.59 bits per heavy atom. The molecule has 2 amide bonds. The molecule has 34 heavy (non-hydrogen) atoms. The zero-order valence-corrected chi connectivity index (χ0v) is 19.9. The van der Waals surface area contributed by atoms with Gasteiger partial charge in [-0.25, -0.2) is 4.79 Å². The number of amides is 2. The van der Waals surface area contributed by atoms with Crippen molar-refractivity contribution in [3.63, 3.8) is 0 Å². The Kier molecular flexibility index (Phi) is 8.65. The first-order chi connectivity index (χ1) is 16.4. The molecule has 2 aromatic carbocycles. The molecule has 9 heteroatoms. The van der Waals surface area contributed by atoms with E-state index in [-0.39, 0.29) is 36.7 Å². The monoisotopic (exact) mass is 486 g/mol. The third-order valence-corrected chi connectivity index (χ3v) is 5.62. The molecule has 0 aromatic heterocycles. The number of carbonyl (C=O) groups is 4. The first-order valence-electron chi connectivity index (χ1n) is 11.0. The molecule has 0 bridgehead atoms. The van der Waals surface area contributed by atoms with Gasteiger partial charge in [-0.1, -0.05) is 24.3 Å². The summed E-state index contributed by atoms with van der Waals surface area (Å²) in [6, 6.07) is 12.8. The molecule has 0 spiro atoms. The van der Waals surface area contributed by atoms with Crippen molar-refractivity contribution in [1.82, 2.24) is 4.90 Å². The van der Waals surface area contributed by atoms with Gasteiger partial charge in [0.05, 0.1) is 24.3 Å². The van der Waals surface area contributed by atoms with E-state index in [0.717, 1.165) is 16.2 Å². The highest BCUT2D eigenvalue weighted by Crippen LogP contribution is 2.27. The van der Waals surface area contributed by atoms with Gasteiger partial charge in [-0.3, -0.25) is 19.3 Å². The predicted octanol–water partition coefficient (Wildman–Crippen LogP) is 3.07. The number of fused-ring (bicyclic) bond motifs is 1. The van der Waals surface area contributed by atoms with Gasteiger partial charge >= 0.3 is 11.9 Å². The third kappa shape index (κ3) is 5.75. The highest BCUT2D eigenvalue weighted by molar-refractivity contribution is 6.22. The normalized spacial score (nSPS) is 13.4. The maximum Gasteiger partial charge on any atom is 0.329 e. The predicted molar refractivity (Wildman–Crippen MR) is 127 cm³/mol. The molecule has 3 rings (SSSR count). The van der Waals surface area contributed by atoms with Crippen molar-refractivity contribution in [1.29, 1.82) is 0 Å². The van der Waals surface area contributed by atoms with Crippen LogP contribution in [0.1, 0.15) is 40.1 Å². The summed E-state index contributed by atoms with van der Waals surface area (Å²) < 4.78 is 10.2. The van der Waals surface area contributed by atoms with Crippen LogP contribution in [0.15, 0.2) is 48.5 Å². The molecule has 1 heterocycles. The van der Waals surface area contributed by atoms with Crippen LogP contribution < -0.4 is 4.90 Å². The number of rotatable bonds is 11. The number of halogens is 1. The molecule has 2 aromatic rings. The Morgan fingerprint density at radius 1 is 0.971 bits per heavy atom. The van der Waals surface area contributed by atoms with Crippen LogP contribution in [0, 0.1) is 0 Å². The highest BCUT2D eigenvalue weighted by Gasteiger charge is 2.43. The molecule has 8 nitrogen and oxygen atoms in total. The largest absolute Gasteiger partial charge is 0.464 e. The van der Waals surface area contributed by atoms with Crippen molar-refractivity contribution in [2.75, 3.05) is 37.1 Å². The maximum atomic E-state index is 13.0. The van der Waals surface area contributed by atoms with Gasteiger partial charge < -0.3 is 14.4 Å². The first-order valence-corrected chi connectivity index (χ1v) is 11.6. The fraction of sp³-hybridized carbons (Fsp3) is 0.360. The molecule has 1 aliphatic heterocycles. The van der Waals surface area contributed by atoms with E-state index < -0.39 is 23.8 Å². The summed E-state index contributed by atoms with van der Waals surface area (Å²) in [5.41, 5.74) is 2.18. The van der Waals surface area contributed by atoms with E-state index in [2.05, 4.69) is 0 Å². The lowest BCUT2D eigenvalue weighted by Gasteiger charge is -2.26. The Balaban J connectivity index is 1.80. The molecule has 1 atom stereocenters. The molecular formula is C25H27ClN2O6. The average Bonchev–Trinajstić information content (AvgIpc) is 3.07. The average molecular weight is 487 g/mol. The summed E-state index contributed by atoms with van der Waals surface area (Å²) in [4.78, 5) is 52.7. The second-order valence-corrected chi connectivity index (χ2v) is 8.06. The molecule has 0 fully saturated rings. The molecule has 0 aliphatic carbocycles. The van der Waals surface area contributed by atoms with E-state index in [1.807, 2.05) is 29.2 Å². The van der Waals surface area contributed by atoms with E-state index in [4.69, 9.17) is 21.1 Å². The molecular weight excluding hydrogens is 460 g/mol. The zero-order chi connectivity index (χ0) is 24.7. The van der Waals surface area contributed by atoms with E-state index in [1.54, 1.807) is 31.2 Å². The van der Waals surface area contributed by atoms with Gasteiger partial charge in [-0.2, -0.15) is 0 Å². The van der Waals surface area contributed by atoms with Crippen molar-refractivity contribution in [3.8, 4) is 0 Å². The Morgan fingerprint density at radius 3 is 2.12 bits per heavy atom. The topological polar surface area (TPSA) is 93.2 Å². The van der Waals surface area contributed by atoms with Gasteiger partial charge in [0.25, 0.3) is 11.8 Å². The fourth-order valence-corrected chi connectivity index (χ4v) is 4.05. The van der Waals surface area contributed by atoms with Crippen LogP contribution in [0.4, 0.5) is 5.69 Å². The number of anilines is 1. The van der Waals surface area contributed by atoms with Crippen LogP contribution in [0.25, 0.3) is 0 Å². The molecule has 0 saturated carbocycles. The Bertz CT molecular complexity index is 1020.